The van der Waals surface area contributed by atoms with Crippen LogP contribution in [0.15, 0.2) is 126 Å². The van der Waals surface area contributed by atoms with E-state index in [0.717, 1.165) is 18.7 Å². The minimum absolute atomic E-state index is 0.206. The zero-order valence-electron chi connectivity index (χ0n) is 35.0. The Morgan fingerprint density at radius 3 is 1.95 bits per heavy atom. The molecule has 0 saturated heterocycles. The van der Waals surface area contributed by atoms with Crippen LogP contribution in [0, 0.1) is 0 Å². The van der Waals surface area contributed by atoms with Crippen molar-refractivity contribution in [3.63, 3.8) is 0 Å². The Morgan fingerprint density at radius 2 is 1.28 bits per heavy atom. The van der Waals surface area contributed by atoms with Gasteiger partial charge in [0.15, 0.2) is 5.69 Å². The first kappa shape index (κ1) is 36.6. The lowest BCUT2D eigenvalue weighted by atomic mass is 9.42. The van der Waals surface area contributed by atoms with Gasteiger partial charge in [-0.05, 0) is 96.1 Å². The first-order valence-electron chi connectivity index (χ1n) is 22.1. The van der Waals surface area contributed by atoms with Gasteiger partial charge in [0.1, 0.15) is 17.1 Å². The SMILES string of the molecule is CCC12N=C(Nc3c(C(C)C)cccc3C(C)C)c3ccccc3C1(CC)C1=C2c2ccccc2[NH+]2c3cc(C4CCC(c5ccccc5)CC4)ccc3[NH+](C)C12. The van der Waals surface area contributed by atoms with Crippen LogP contribution >= 0.6 is 0 Å². The van der Waals surface area contributed by atoms with Crippen LogP contribution in [0.4, 0.5) is 22.7 Å². The Bertz CT molecular complexity index is 2400. The average Bonchev–Trinajstić information content (AvgIpc) is 3.53. The number of quaternary nitrogens is 2. The van der Waals surface area contributed by atoms with E-state index in [2.05, 4.69) is 169 Å². The van der Waals surface area contributed by atoms with Gasteiger partial charge in [-0.2, -0.15) is 0 Å². The molecule has 4 heteroatoms. The molecule has 5 aromatic rings. The molecular weight excluding hydrogens is 693 g/mol. The smallest absolute Gasteiger partial charge is 0.251 e. The van der Waals surface area contributed by atoms with Crippen LogP contribution in [-0.2, 0) is 5.41 Å². The fourth-order valence-electron chi connectivity index (χ4n) is 12.5. The summed E-state index contributed by atoms with van der Waals surface area (Å²) >= 11 is 0. The van der Waals surface area contributed by atoms with Gasteiger partial charge in [0.2, 0.25) is 5.69 Å². The number of aliphatic imine (C=N–C) groups is 1. The molecule has 0 bridgehead atoms. The Hall–Kier alpha value is -4.77. The molecule has 2 aliphatic carbocycles. The van der Waals surface area contributed by atoms with Crippen molar-refractivity contribution >= 4 is 34.2 Å². The number of fused-ring (bicyclic) bond motifs is 12. The molecule has 0 amide bonds. The number of hydrogen-bond donors (Lipinski definition) is 3. The third kappa shape index (κ3) is 5.09. The maximum atomic E-state index is 6.08. The number of anilines is 1. The predicted octanol–water partition coefficient (Wildman–Crippen LogP) is 10.9. The highest BCUT2D eigenvalue weighted by atomic mass is 15.4. The molecule has 0 aromatic heterocycles. The van der Waals surface area contributed by atoms with Crippen LogP contribution in [0.3, 0.4) is 0 Å². The molecule has 10 rings (SSSR count). The summed E-state index contributed by atoms with van der Waals surface area (Å²) < 4.78 is 0. The summed E-state index contributed by atoms with van der Waals surface area (Å²) in [6, 6.07) is 44.3. The minimum Gasteiger partial charge on any atom is -0.340 e. The van der Waals surface area contributed by atoms with Gasteiger partial charge in [0.25, 0.3) is 6.17 Å². The lowest BCUT2D eigenvalue weighted by Crippen LogP contribution is -3.25. The van der Waals surface area contributed by atoms with E-state index in [1.54, 1.807) is 5.57 Å². The summed E-state index contributed by atoms with van der Waals surface area (Å²) in [5.41, 5.74) is 17.9. The number of nitrogens with one attached hydrogen (secondary N) is 3. The van der Waals surface area contributed by atoms with E-state index in [0.29, 0.717) is 23.7 Å². The van der Waals surface area contributed by atoms with E-state index in [9.17, 15) is 0 Å². The number of amidine groups is 1. The summed E-state index contributed by atoms with van der Waals surface area (Å²) in [5, 5.41) is 4.08. The van der Waals surface area contributed by atoms with Gasteiger partial charge in [-0.15, -0.1) is 0 Å². The number of hydrogen-bond acceptors (Lipinski definition) is 2. The van der Waals surface area contributed by atoms with Crippen LogP contribution < -0.4 is 15.1 Å². The molecule has 5 aromatic carbocycles. The van der Waals surface area contributed by atoms with E-state index in [1.807, 2.05) is 0 Å². The van der Waals surface area contributed by atoms with Crippen molar-refractivity contribution in [2.75, 3.05) is 12.4 Å². The van der Waals surface area contributed by atoms with Crippen molar-refractivity contribution in [2.45, 2.75) is 121 Å². The van der Waals surface area contributed by atoms with Crippen molar-refractivity contribution in [2.24, 2.45) is 4.99 Å². The maximum absolute atomic E-state index is 6.08. The van der Waals surface area contributed by atoms with E-state index in [-0.39, 0.29) is 17.1 Å². The molecule has 3 aliphatic heterocycles. The highest BCUT2D eigenvalue weighted by molar-refractivity contribution is 6.14. The first-order chi connectivity index (χ1) is 27.7. The second-order valence-corrected chi connectivity index (χ2v) is 18.4. The topological polar surface area (TPSA) is 33.3 Å². The fourth-order valence-corrected chi connectivity index (χ4v) is 12.5. The van der Waals surface area contributed by atoms with Gasteiger partial charge in [-0.25, -0.2) is 9.80 Å². The van der Waals surface area contributed by atoms with Crippen molar-refractivity contribution in [3.8, 4) is 0 Å². The van der Waals surface area contributed by atoms with Gasteiger partial charge < -0.3 is 5.32 Å². The number of benzene rings is 5. The number of nitrogens with zero attached hydrogens (tertiary/aromatic N) is 1. The van der Waals surface area contributed by atoms with Crippen molar-refractivity contribution in [1.82, 2.24) is 0 Å². The van der Waals surface area contributed by atoms with E-state index < -0.39 is 0 Å². The zero-order valence-corrected chi connectivity index (χ0v) is 35.0. The average molecular weight is 753 g/mol. The highest BCUT2D eigenvalue weighted by Gasteiger charge is 2.74. The zero-order chi connectivity index (χ0) is 39.2. The predicted molar refractivity (Wildman–Crippen MR) is 237 cm³/mol. The van der Waals surface area contributed by atoms with Gasteiger partial charge in [0.05, 0.1) is 18.0 Å². The van der Waals surface area contributed by atoms with Gasteiger partial charge in [-0.3, -0.25) is 4.99 Å². The summed E-state index contributed by atoms with van der Waals surface area (Å²) in [7, 11) is 2.44. The summed E-state index contributed by atoms with van der Waals surface area (Å²) in [6.45, 7) is 14.1. The molecule has 3 heterocycles. The molecule has 290 valence electrons. The van der Waals surface area contributed by atoms with Crippen molar-refractivity contribution in [1.29, 1.82) is 0 Å². The minimum atomic E-state index is -0.377. The Balaban J connectivity index is 1.10. The summed E-state index contributed by atoms with van der Waals surface area (Å²) in [4.78, 5) is 9.13. The maximum Gasteiger partial charge on any atom is 0.251 e. The monoisotopic (exact) mass is 752 g/mol. The first-order valence-corrected chi connectivity index (χ1v) is 22.1. The number of para-hydroxylation sites is 2. The van der Waals surface area contributed by atoms with Crippen LogP contribution in [0.5, 0.6) is 0 Å². The molecule has 5 atom stereocenters. The molecule has 5 unspecified atom stereocenters. The second-order valence-electron chi connectivity index (χ2n) is 18.4. The Morgan fingerprint density at radius 1 is 0.649 bits per heavy atom. The standard InChI is InChI=1S/C53H58N4/c1-8-52-43-24-15-13-20-41(43)50(54-49-39(33(3)4)22-17-23-40(49)34(5)6)55-53(52,9-2)47-42-21-14-16-25-44(42)57-46-32-38(30-31-45(46)56(7)51(57)48(47)52)37-28-26-36(27-29-37)35-18-11-10-12-19-35/h10-25,30-34,36-37,51H,8-9,26-29H2,1-7H3,(H,54,55)/p+2. The highest BCUT2D eigenvalue weighted by Crippen LogP contribution is 2.69. The molecule has 57 heavy (non-hydrogen) atoms. The van der Waals surface area contributed by atoms with Gasteiger partial charge >= 0.3 is 0 Å². The summed E-state index contributed by atoms with van der Waals surface area (Å²) in [5.74, 6) is 3.11. The molecule has 5 aliphatic rings. The molecular formula is C53H60N4+2. The lowest BCUT2D eigenvalue weighted by Gasteiger charge is -2.63. The number of likely N-dealkylation sites (N-methyl/N-ethyl adjacent to an activating group) is 1. The lowest BCUT2D eigenvalue weighted by molar-refractivity contribution is -0.991. The quantitative estimate of drug-likeness (QED) is 0.152. The van der Waals surface area contributed by atoms with E-state index in [1.165, 1.54) is 103 Å². The van der Waals surface area contributed by atoms with Crippen LogP contribution in [-0.4, -0.2) is 24.6 Å². The molecule has 0 radical (unpaired) electrons. The van der Waals surface area contributed by atoms with Crippen LogP contribution in [0.25, 0.3) is 5.57 Å². The molecule has 1 saturated carbocycles. The van der Waals surface area contributed by atoms with E-state index in [4.69, 9.17) is 4.99 Å². The Kier molecular flexibility index (Phi) is 8.77. The third-order valence-electron chi connectivity index (χ3n) is 15.2. The molecule has 3 N–H and O–H groups in total. The molecule has 1 fully saturated rings. The van der Waals surface area contributed by atoms with E-state index >= 15 is 0 Å². The van der Waals surface area contributed by atoms with Crippen molar-refractivity contribution < 1.29 is 9.80 Å². The Labute approximate surface area is 340 Å². The van der Waals surface area contributed by atoms with Crippen LogP contribution in [0.1, 0.15) is 143 Å². The summed E-state index contributed by atoms with van der Waals surface area (Å²) in [6.07, 6.45) is 7.27. The number of rotatable bonds is 7. The molecule has 0 spiro atoms. The fraction of sp³-hybridized carbons (Fsp3) is 0.377. The largest absolute Gasteiger partial charge is 0.340 e. The third-order valence-corrected chi connectivity index (χ3v) is 15.2. The second kappa shape index (κ2) is 13.7. The van der Waals surface area contributed by atoms with Gasteiger partial charge in [0, 0.05) is 40.6 Å². The molecule has 4 nitrogen and oxygen atoms in total. The van der Waals surface area contributed by atoms with Gasteiger partial charge in [-0.1, -0.05) is 133 Å². The van der Waals surface area contributed by atoms with Crippen molar-refractivity contribution in [3.05, 3.63) is 160 Å². The van der Waals surface area contributed by atoms with Crippen LogP contribution in [0.2, 0.25) is 0 Å². The normalized spacial score (nSPS) is 28.1.